The predicted octanol–water partition coefficient (Wildman–Crippen LogP) is 11.6. The van der Waals surface area contributed by atoms with Crippen molar-refractivity contribution in [1.29, 1.82) is 0 Å². The number of hydrogen-bond donors (Lipinski definition) is 0. The van der Waals surface area contributed by atoms with Crippen LogP contribution in [-0.2, 0) is 8.85 Å². The molecule has 0 aromatic rings. The Morgan fingerprint density at radius 1 is 0.410 bits per heavy atom. The van der Waals surface area contributed by atoms with Crippen LogP contribution in [0.5, 0.6) is 0 Å². The van der Waals surface area contributed by atoms with Crippen LogP contribution in [0.4, 0.5) is 0 Å². The van der Waals surface area contributed by atoms with Gasteiger partial charge in [-0.3, -0.25) is 0 Å². The van der Waals surface area contributed by atoms with Gasteiger partial charge in [0.25, 0.3) is 0 Å². The first-order chi connectivity index (χ1) is 18.9. The Bertz CT molecular complexity index is 481. The molecule has 0 saturated carbocycles. The first-order valence-corrected chi connectivity index (χ1v) is 20.3. The molecule has 0 atom stereocenters. The van der Waals surface area contributed by atoms with Gasteiger partial charge in [-0.2, -0.15) is 0 Å². The molecule has 0 rings (SSSR count). The minimum absolute atomic E-state index is 1.13. The lowest BCUT2D eigenvalue weighted by Crippen LogP contribution is -2.41. The van der Waals surface area contributed by atoms with Crippen LogP contribution in [0.2, 0.25) is 12.6 Å². The molecular formula is C35H76NO2Si+. The summed E-state index contributed by atoms with van der Waals surface area (Å²) in [5.41, 5.74) is 0. The van der Waals surface area contributed by atoms with Crippen LogP contribution >= 0.6 is 0 Å². The summed E-state index contributed by atoms with van der Waals surface area (Å²) in [6.07, 6.45) is 37.3. The van der Waals surface area contributed by atoms with E-state index in [4.69, 9.17) is 8.85 Å². The Hall–Kier alpha value is 0.0969. The third-order valence-corrected chi connectivity index (χ3v) is 12.1. The molecule has 236 valence electrons. The summed E-state index contributed by atoms with van der Waals surface area (Å²) in [4.78, 5) is 0. The van der Waals surface area contributed by atoms with Crippen LogP contribution < -0.4 is 0 Å². The van der Waals surface area contributed by atoms with Crippen molar-refractivity contribution in [2.24, 2.45) is 0 Å². The van der Waals surface area contributed by atoms with E-state index in [0.29, 0.717) is 0 Å². The van der Waals surface area contributed by atoms with E-state index in [9.17, 15) is 0 Å². The highest BCUT2D eigenvalue weighted by atomic mass is 28.4. The van der Waals surface area contributed by atoms with Crippen LogP contribution in [0.3, 0.4) is 0 Å². The van der Waals surface area contributed by atoms with Gasteiger partial charge in [-0.15, -0.1) is 0 Å². The van der Waals surface area contributed by atoms with Gasteiger partial charge in [-0.1, -0.05) is 148 Å². The molecule has 0 unspecified atom stereocenters. The largest absolute Gasteiger partial charge is 0.398 e. The molecule has 0 aromatic carbocycles. The maximum Gasteiger partial charge on any atom is 0.334 e. The molecule has 0 bridgehead atoms. The summed E-state index contributed by atoms with van der Waals surface area (Å²) < 4.78 is 12.4. The summed E-state index contributed by atoms with van der Waals surface area (Å²) in [5.74, 6) is 0. The van der Waals surface area contributed by atoms with Crippen LogP contribution in [0.1, 0.15) is 174 Å². The average molecular weight is 571 g/mol. The monoisotopic (exact) mass is 571 g/mol. The Labute approximate surface area is 249 Å². The quantitative estimate of drug-likeness (QED) is 0.0455. The molecule has 0 aromatic heterocycles. The molecule has 0 amide bonds. The molecule has 0 aliphatic carbocycles. The summed E-state index contributed by atoms with van der Waals surface area (Å²) >= 11 is 0. The second-order valence-corrected chi connectivity index (χ2v) is 17.1. The fraction of sp³-hybridized carbons (Fsp3) is 1.00. The smallest absolute Gasteiger partial charge is 0.334 e. The van der Waals surface area contributed by atoms with Crippen molar-refractivity contribution < 1.29 is 13.3 Å². The summed E-state index contributed by atoms with van der Waals surface area (Å²) in [6.45, 7) is 7.22. The van der Waals surface area contributed by atoms with Crippen molar-refractivity contribution in [3.8, 4) is 0 Å². The second kappa shape index (κ2) is 28.2. The van der Waals surface area contributed by atoms with E-state index < -0.39 is 8.56 Å². The number of hydrogen-bond acceptors (Lipinski definition) is 2. The molecule has 0 aliphatic heterocycles. The van der Waals surface area contributed by atoms with Gasteiger partial charge in [0, 0.05) is 14.2 Å². The maximum absolute atomic E-state index is 5.58. The summed E-state index contributed by atoms with van der Waals surface area (Å²) in [5, 5.41) is 0. The minimum Gasteiger partial charge on any atom is -0.398 e. The van der Waals surface area contributed by atoms with Crippen LogP contribution in [-0.4, -0.2) is 54.4 Å². The van der Waals surface area contributed by atoms with E-state index in [-0.39, 0.29) is 0 Å². The topological polar surface area (TPSA) is 18.5 Å². The van der Waals surface area contributed by atoms with Crippen molar-refractivity contribution in [3.05, 3.63) is 0 Å². The number of nitrogens with zero attached hydrogens (tertiary/aromatic N) is 1. The number of rotatable bonds is 32. The summed E-state index contributed by atoms with van der Waals surface area (Å²) in [6, 6.07) is 1.13. The molecular weight excluding hydrogens is 494 g/mol. The van der Waals surface area contributed by atoms with Crippen LogP contribution in [0.25, 0.3) is 0 Å². The van der Waals surface area contributed by atoms with E-state index in [0.717, 1.165) is 6.04 Å². The van der Waals surface area contributed by atoms with Crippen LogP contribution in [0, 0.1) is 0 Å². The third-order valence-electron chi connectivity index (χ3n) is 9.12. The Kier molecular flexibility index (Phi) is 28.3. The van der Waals surface area contributed by atoms with Crippen LogP contribution in [0.15, 0.2) is 0 Å². The first-order valence-electron chi connectivity index (χ1n) is 17.8. The fourth-order valence-corrected chi connectivity index (χ4v) is 7.35. The molecule has 0 heterocycles. The molecule has 0 radical (unpaired) electrons. The fourth-order valence-electron chi connectivity index (χ4n) is 5.89. The van der Waals surface area contributed by atoms with Gasteiger partial charge in [0.15, 0.2) is 0 Å². The van der Waals surface area contributed by atoms with Gasteiger partial charge < -0.3 is 13.3 Å². The lowest BCUT2D eigenvalue weighted by atomic mass is 10.0. The van der Waals surface area contributed by atoms with E-state index in [1.165, 1.54) is 185 Å². The second-order valence-electron chi connectivity index (χ2n) is 13.5. The average Bonchev–Trinajstić information content (AvgIpc) is 2.93. The lowest BCUT2D eigenvalue weighted by Gasteiger charge is -2.30. The Morgan fingerprint density at radius 2 is 0.667 bits per heavy atom. The summed E-state index contributed by atoms with van der Waals surface area (Å²) in [7, 11) is 6.68. The van der Waals surface area contributed by atoms with Crippen molar-refractivity contribution in [2.75, 3.05) is 41.4 Å². The zero-order chi connectivity index (χ0) is 28.9. The highest BCUT2D eigenvalue weighted by molar-refractivity contribution is 6.65. The zero-order valence-electron chi connectivity index (χ0n) is 28.3. The standard InChI is InChI=1S/C35H76NO2Si/c1-7-8-9-10-11-12-13-14-15-16-17-18-21-24-27-30-33-36(2,3)34-31-28-25-22-19-20-23-26-29-32-35-39(6,37-4)38-5/h7-35H2,1-6H3/q+1. The molecule has 0 fully saturated rings. The molecule has 0 saturated heterocycles. The van der Waals surface area contributed by atoms with Crippen molar-refractivity contribution in [1.82, 2.24) is 0 Å². The van der Waals surface area contributed by atoms with Gasteiger partial charge in [-0.05, 0) is 38.3 Å². The normalized spacial score (nSPS) is 12.5. The Morgan fingerprint density at radius 3 is 0.949 bits per heavy atom. The van der Waals surface area contributed by atoms with Crippen molar-refractivity contribution in [3.63, 3.8) is 0 Å². The number of quaternary nitrogens is 1. The minimum atomic E-state index is -1.83. The molecule has 4 heteroatoms. The molecule has 0 spiro atoms. The third kappa shape index (κ3) is 28.0. The molecule has 0 aliphatic rings. The maximum atomic E-state index is 5.58. The molecule has 3 nitrogen and oxygen atoms in total. The van der Waals surface area contributed by atoms with E-state index in [1.807, 2.05) is 0 Å². The Balaban J connectivity index is 3.35. The molecule has 39 heavy (non-hydrogen) atoms. The van der Waals surface area contributed by atoms with Crippen molar-refractivity contribution >= 4 is 8.56 Å². The van der Waals surface area contributed by atoms with Gasteiger partial charge in [-0.25, -0.2) is 0 Å². The van der Waals surface area contributed by atoms with Gasteiger partial charge in [0.05, 0.1) is 27.2 Å². The molecule has 0 N–H and O–H groups in total. The van der Waals surface area contributed by atoms with Gasteiger partial charge in [0.2, 0.25) is 0 Å². The van der Waals surface area contributed by atoms with E-state index >= 15 is 0 Å². The van der Waals surface area contributed by atoms with Gasteiger partial charge >= 0.3 is 8.56 Å². The zero-order valence-corrected chi connectivity index (χ0v) is 29.3. The van der Waals surface area contributed by atoms with Gasteiger partial charge in [0.1, 0.15) is 0 Å². The van der Waals surface area contributed by atoms with Crippen molar-refractivity contribution in [2.45, 2.75) is 186 Å². The first kappa shape index (κ1) is 39.1. The highest BCUT2D eigenvalue weighted by Gasteiger charge is 2.27. The van der Waals surface area contributed by atoms with E-state index in [2.05, 4.69) is 27.6 Å². The highest BCUT2D eigenvalue weighted by Crippen LogP contribution is 2.18. The number of unbranched alkanes of at least 4 members (excludes halogenated alkanes) is 24. The predicted molar refractivity (Wildman–Crippen MR) is 178 cm³/mol. The van der Waals surface area contributed by atoms with E-state index in [1.54, 1.807) is 14.2 Å². The lowest BCUT2D eigenvalue weighted by molar-refractivity contribution is -0.890. The SMILES string of the molecule is CCCCCCCCCCCCCCCCCC[N+](C)(C)CCCCCCCCCCCC[Si](C)(OC)OC.